The maximum Gasteiger partial charge on any atom is 0.232 e. The number of amides is 2. The SMILES string of the molecule is CC1(C)CC(=O)N([C@@H](c2cccnc2)[C@@H]2C[C@H]2C(=O)NC2CC(C)(C)Oc3cc(Cl)ccc32)C(N)=N1. The van der Waals surface area contributed by atoms with Gasteiger partial charge in [0.05, 0.1) is 24.0 Å². The maximum atomic E-state index is 13.5. The van der Waals surface area contributed by atoms with Crippen LogP contribution in [0.4, 0.5) is 0 Å². The van der Waals surface area contributed by atoms with Gasteiger partial charge in [0, 0.05) is 35.3 Å². The number of rotatable bonds is 5. The summed E-state index contributed by atoms with van der Waals surface area (Å²) in [7, 11) is 0. The van der Waals surface area contributed by atoms with E-state index in [0.29, 0.717) is 23.6 Å². The van der Waals surface area contributed by atoms with Crippen molar-refractivity contribution in [3.05, 3.63) is 58.9 Å². The van der Waals surface area contributed by atoms with Crippen molar-refractivity contribution in [2.24, 2.45) is 22.6 Å². The van der Waals surface area contributed by atoms with E-state index in [2.05, 4.69) is 15.3 Å². The Morgan fingerprint density at radius 2 is 2.06 bits per heavy atom. The number of halogens is 1. The van der Waals surface area contributed by atoms with Crippen LogP contribution in [0.25, 0.3) is 0 Å². The molecule has 0 spiro atoms. The van der Waals surface area contributed by atoms with Crippen molar-refractivity contribution in [3.8, 4) is 5.75 Å². The van der Waals surface area contributed by atoms with Crippen LogP contribution in [0, 0.1) is 11.8 Å². The molecule has 9 heteroatoms. The van der Waals surface area contributed by atoms with E-state index >= 15 is 0 Å². The van der Waals surface area contributed by atoms with Crippen LogP contribution < -0.4 is 15.8 Å². The zero-order valence-electron chi connectivity index (χ0n) is 21.0. The van der Waals surface area contributed by atoms with E-state index in [9.17, 15) is 9.59 Å². The average Bonchev–Trinajstić information content (AvgIpc) is 3.55. The number of aromatic nitrogens is 1. The van der Waals surface area contributed by atoms with E-state index in [1.165, 1.54) is 0 Å². The number of guanidine groups is 1. The first-order chi connectivity index (χ1) is 16.9. The first-order valence-corrected chi connectivity index (χ1v) is 12.7. The zero-order valence-corrected chi connectivity index (χ0v) is 21.7. The number of benzene rings is 1. The minimum Gasteiger partial charge on any atom is -0.487 e. The van der Waals surface area contributed by atoms with Gasteiger partial charge in [-0.3, -0.25) is 19.5 Å². The van der Waals surface area contributed by atoms with Crippen molar-refractivity contribution in [2.45, 2.75) is 70.2 Å². The minimum atomic E-state index is -0.552. The molecule has 4 atom stereocenters. The molecular formula is C27H32ClN5O3. The van der Waals surface area contributed by atoms with Crippen LogP contribution in [0.1, 0.15) is 70.2 Å². The highest BCUT2D eigenvalue weighted by Gasteiger charge is 2.53. The molecule has 5 rings (SSSR count). The number of fused-ring (bicyclic) bond motifs is 1. The first kappa shape index (κ1) is 24.6. The highest BCUT2D eigenvalue weighted by atomic mass is 35.5. The van der Waals surface area contributed by atoms with Crippen LogP contribution in [-0.4, -0.2) is 38.8 Å². The van der Waals surface area contributed by atoms with Crippen LogP contribution in [0.3, 0.4) is 0 Å². The summed E-state index contributed by atoms with van der Waals surface area (Å²) in [5, 5.41) is 3.83. The molecule has 3 heterocycles. The summed E-state index contributed by atoms with van der Waals surface area (Å²) < 4.78 is 6.11. The first-order valence-electron chi connectivity index (χ1n) is 12.3. The standard InChI is InChI=1S/C27H32ClN5O3/c1-26(2)13-22(34)33(25(29)32-26)23(15-6-5-9-30-14-15)18-11-19(18)24(35)31-20-12-27(3,4)36-21-10-16(28)7-8-17(20)21/h5-10,14,18-20,23H,11-13H2,1-4H3,(H2,29,32)(H,31,35)/t18-,19-,20?,23+/m1/s1. The Morgan fingerprint density at radius 3 is 2.75 bits per heavy atom. The number of pyridine rings is 1. The minimum absolute atomic E-state index is 0.0437. The van der Waals surface area contributed by atoms with Gasteiger partial charge < -0.3 is 15.8 Å². The predicted molar refractivity (Wildman–Crippen MR) is 137 cm³/mol. The van der Waals surface area contributed by atoms with Gasteiger partial charge in [0.15, 0.2) is 5.96 Å². The normalized spacial score (nSPS) is 26.8. The quantitative estimate of drug-likeness (QED) is 0.629. The number of hydrogen-bond donors (Lipinski definition) is 2. The molecule has 8 nitrogen and oxygen atoms in total. The molecule has 2 amide bonds. The second kappa shape index (κ2) is 8.76. The molecule has 36 heavy (non-hydrogen) atoms. The van der Waals surface area contributed by atoms with E-state index in [1.54, 1.807) is 23.4 Å². The second-order valence-electron chi connectivity index (χ2n) is 11.3. The Kier molecular flexibility index (Phi) is 5.98. The summed E-state index contributed by atoms with van der Waals surface area (Å²) in [6.45, 7) is 7.78. The number of nitrogens with one attached hydrogen (secondary N) is 1. The van der Waals surface area contributed by atoms with Crippen LogP contribution >= 0.6 is 11.6 Å². The number of hydrogen-bond acceptors (Lipinski definition) is 6. The van der Waals surface area contributed by atoms with Gasteiger partial charge in [-0.1, -0.05) is 23.7 Å². The lowest BCUT2D eigenvalue weighted by atomic mass is 9.89. The van der Waals surface area contributed by atoms with E-state index in [0.717, 1.165) is 11.1 Å². The Hall–Kier alpha value is -3.13. The summed E-state index contributed by atoms with van der Waals surface area (Å²) in [4.78, 5) is 37.1. The monoisotopic (exact) mass is 509 g/mol. The van der Waals surface area contributed by atoms with Crippen molar-refractivity contribution in [2.75, 3.05) is 0 Å². The lowest BCUT2D eigenvalue weighted by Crippen LogP contribution is -2.52. The molecule has 3 aliphatic rings. The van der Waals surface area contributed by atoms with Crippen LogP contribution in [-0.2, 0) is 9.59 Å². The zero-order chi connectivity index (χ0) is 25.8. The molecule has 3 N–H and O–H groups in total. The van der Waals surface area contributed by atoms with Crippen molar-refractivity contribution < 1.29 is 14.3 Å². The largest absolute Gasteiger partial charge is 0.487 e. The molecule has 190 valence electrons. The summed E-state index contributed by atoms with van der Waals surface area (Å²) in [5.41, 5.74) is 7.08. The van der Waals surface area contributed by atoms with Crippen LogP contribution in [0.2, 0.25) is 5.02 Å². The van der Waals surface area contributed by atoms with E-state index < -0.39 is 17.2 Å². The van der Waals surface area contributed by atoms with E-state index in [1.807, 2.05) is 52.0 Å². The lowest BCUT2D eigenvalue weighted by Gasteiger charge is -2.38. The Balaban J connectivity index is 1.39. The molecular weight excluding hydrogens is 478 g/mol. The third-order valence-corrected chi connectivity index (χ3v) is 7.39. The van der Waals surface area contributed by atoms with Gasteiger partial charge in [-0.2, -0.15) is 0 Å². The number of carbonyl (C=O) groups is 2. The summed E-state index contributed by atoms with van der Waals surface area (Å²) >= 11 is 6.19. The second-order valence-corrected chi connectivity index (χ2v) is 11.7. The molecule has 1 aromatic carbocycles. The van der Waals surface area contributed by atoms with E-state index in [4.69, 9.17) is 22.1 Å². The van der Waals surface area contributed by atoms with Gasteiger partial charge >= 0.3 is 0 Å². The summed E-state index contributed by atoms with van der Waals surface area (Å²) in [5.74, 6) is 0.392. The molecule has 0 bridgehead atoms. The Bertz CT molecular complexity index is 1230. The van der Waals surface area contributed by atoms with Gasteiger partial charge in [-0.15, -0.1) is 0 Å². The highest BCUT2D eigenvalue weighted by molar-refractivity contribution is 6.30. The smallest absolute Gasteiger partial charge is 0.232 e. The molecule has 0 saturated heterocycles. The lowest BCUT2D eigenvalue weighted by molar-refractivity contribution is -0.132. The van der Waals surface area contributed by atoms with E-state index in [-0.39, 0.29) is 42.1 Å². The fourth-order valence-corrected chi connectivity index (χ4v) is 5.68. The summed E-state index contributed by atoms with van der Waals surface area (Å²) in [6.07, 6.45) is 4.96. The van der Waals surface area contributed by atoms with Crippen molar-refractivity contribution >= 4 is 29.4 Å². The molecule has 1 fully saturated rings. The third kappa shape index (κ3) is 4.78. The predicted octanol–water partition coefficient (Wildman–Crippen LogP) is 4.16. The van der Waals surface area contributed by atoms with Crippen LogP contribution in [0.15, 0.2) is 47.7 Å². The van der Waals surface area contributed by atoms with Gasteiger partial charge in [0.2, 0.25) is 11.8 Å². The molecule has 2 aromatic rings. The molecule has 1 saturated carbocycles. The fourth-order valence-electron chi connectivity index (χ4n) is 5.52. The van der Waals surface area contributed by atoms with Crippen molar-refractivity contribution in [3.63, 3.8) is 0 Å². The summed E-state index contributed by atoms with van der Waals surface area (Å²) in [6, 6.07) is 8.66. The number of nitrogens with zero attached hydrogens (tertiary/aromatic N) is 3. The maximum absolute atomic E-state index is 13.5. The molecule has 1 aromatic heterocycles. The molecule has 0 radical (unpaired) electrons. The number of ether oxygens (including phenoxy) is 1. The van der Waals surface area contributed by atoms with Crippen molar-refractivity contribution in [1.29, 1.82) is 0 Å². The highest BCUT2D eigenvalue weighted by Crippen LogP contribution is 2.51. The van der Waals surface area contributed by atoms with Crippen LogP contribution in [0.5, 0.6) is 5.75 Å². The molecule has 2 aliphatic heterocycles. The Morgan fingerprint density at radius 1 is 1.28 bits per heavy atom. The number of aliphatic imine (C=N–C) groups is 1. The van der Waals surface area contributed by atoms with Gasteiger partial charge in [0.1, 0.15) is 11.4 Å². The van der Waals surface area contributed by atoms with Gasteiger partial charge in [-0.05, 0) is 63.8 Å². The average molecular weight is 510 g/mol. The number of carbonyl (C=O) groups excluding carboxylic acids is 2. The fraction of sp³-hybridized carbons (Fsp3) is 0.481. The van der Waals surface area contributed by atoms with Gasteiger partial charge in [-0.25, -0.2) is 4.99 Å². The topological polar surface area (TPSA) is 110 Å². The molecule has 1 unspecified atom stereocenters. The molecule has 1 aliphatic carbocycles. The third-order valence-electron chi connectivity index (χ3n) is 7.15. The van der Waals surface area contributed by atoms with Crippen molar-refractivity contribution in [1.82, 2.24) is 15.2 Å². The van der Waals surface area contributed by atoms with Gasteiger partial charge in [0.25, 0.3) is 0 Å². The number of nitrogens with two attached hydrogens (primary N) is 1. The Labute approximate surface area is 216 Å².